The average Bonchev–Trinajstić information content (AvgIpc) is 3.16. The third kappa shape index (κ3) is 7.46. The van der Waals surface area contributed by atoms with Gasteiger partial charge in [-0.2, -0.15) is 4.37 Å². The van der Waals surface area contributed by atoms with Crippen molar-refractivity contribution in [2.24, 2.45) is 0 Å². The zero-order chi connectivity index (χ0) is 20.2. The zero-order valence-corrected chi connectivity index (χ0v) is 18.1. The summed E-state index contributed by atoms with van der Waals surface area (Å²) in [6, 6.07) is 7.97. The van der Waals surface area contributed by atoms with Gasteiger partial charge in [0.05, 0.1) is 7.11 Å². The molecule has 0 aliphatic rings. The van der Waals surface area contributed by atoms with Gasteiger partial charge in [0, 0.05) is 44.0 Å². The highest BCUT2D eigenvalue weighted by Crippen LogP contribution is 2.21. The number of hydrogen-bond acceptors (Lipinski definition) is 6. The van der Waals surface area contributed by atoms with Crippen LogP contribution in [0.1, 0.15) is 57.3 Å². The normalized spacial score (nSPS) is 10.7. The molecule has 1 amide bonds. The number of aromatic nitrogens is 2. The summed E-state index contributed by atoms with van der Waals surface area (Å²) in [6.07, 6.45) is 5.45. The molecule has 28 heavy (non-hydrogen) atoms. The van der Waals surface area contributed by atoms with Crippen LogP contribution in [-0.2, 0) is 11.2 Å². The van der Waals surface area contributed by atoms with Crippen LogP contribution in [0.5, 0.6) is 5.75 Å². The van der Waals surface area contributed by atoms with Crippen molar-refractivity contribution in [3.05, 3.63) is 35.7 Å². The highest BCUT2D eigenvalue weighted by atomic mass is 32.1. The summed E-state index contributed by atoms with van der Waals surface area (Å²) in [4.78, 5) is 19.0. The maximum atomic E-state index is 12.1. The van der Waals surface area contributed by atoms with Gasteiger partial charge >= 0.3 is 0 Å². The summed E-state index contributed by atoms with van der Waals surface area (Å²) >= 11 is 1.41. The Morgan fingerprint density at radius 3 is 2.79 bits per heavy atom. The van der Waals surface area contributed by atoms with E-state index in [0.29, 0.717) is 19.4 Å². The Kier molecular flexibility index (Phi) is 9.76. The van der Waals surface area contributed by atoms with Crippen LogP contribution in [0.3, 0.4) is 0 Å². The third-order valence-electron chi connectivity index (χ3n) is 4.47. The van der Waals surface area contributed by atoms with E-state index in [1.54, 1.807) is 7.11 Å². The van der Waals surface area contributed by atoms with Crippen LogP contribution >= 0.6 is 11.5 Å². The molecule has 0 radical (unpaired) electrons. The molecule has 1 aromatic carbocycles. The number of carbonyl (C=O) groups excluding carboxylic acids is 1. The molecule has 1 N–H and O–H groups in total. The minimum atomic E-state index is 0.107. The lowest BCUT2D eigenvalue weighted by Crippen LogP contribution is -2.32. The van der Waals surface area contributed by atoms with E-state index in [2.05, 4.69) is 34.5 Å². The monoisotopic (exact) mass is 404 g/mol. The largest absolute Gasteiger partial charge is 0.497 e. The van der Waals surface area contributed by atoms with Crippen molar-refractivity contribution >= 4 is 22.6 Å². The van der Waals surface area contributed by atoms with E-state index in [9.17, 15) is 4.79 Å². The number of anilines is 1. The molecule has 2 aromatic rings. The Labute approximate surface area is 172 Å². The van der Waals surface area contributed by atoms with Crippen molar-refractivity contribution in [3.8, 4) is 5.75 Å². The first kappa shape index (κ1) is 22.1. The van der Waals surface area contributed by atoms with E-state index < -0.39 is 0 Å². The predicted molar refractivity (Wildman–Crippen MR) is 115 cm³/mol. The fraction of sp³-hybridized carbons (Fsp3) is 0.571. The number of ether oxygens (including phenoxy) is 1. The molecule has 0 bridgehead atoms. The number of methoxy groups -OCH3 is 1. The molecule has 0 unspecified atom stereocenters. The number of hydrogen-bond donors (Lipinski definition) is 1. The minimum absolute atomic E-state index is 0.107. The van der Waals surface area contributed by atoms with Crippen molar-refractivity contribution in [3.63, 3.8) is 0 Å². The summed E-state index contributed by atoms with van der Waals surface area (Å²) in [5.41, 5.74) is 1.12. The SMILES string of the molecule is CCCCNC(=O)CCN(CCCC)c1nc(Cc2cccc(OC)c2)ns1. The molecule has 1 aromatic heterocycles. The molecule has 0 atom stereocenters. The van der Waals surface area contributed by atoms with E-state index in [1.165, 1.54) is 11.5 Å². The number of nitrogens with one attached hydrogen (secondary N) is 1. The first-order valence-corrected chi connectivity index (χ1v) is 10.9. The van der Waals surface area contributed by atoms with Gasteiger partial charge in [0.15, 0.2) is 0 Å². The van der Waals surface area contributed by atoms with Gasteiger partial charge in [-0.1, -0.05) is 38.8 Å². The number of carbonyl (C=O) groups is 1. The van der Waals surface area contributed by atoms with E-state index in [4.69, 9.17) is 9.72 Å². The summed E-state index contributed by atoms with van der Waals surface area (Å²) in [7, 11) is 1.67. The lowest BCUT2D eigenvalue weighted by Gasteiger charge is -2.20. The molecular formula is C21H32N4O2S. The molecule has 0 fully saturated rings. The highest BCUT2D eigenvalue weighted by Gasteiger charge is 2.14. The Balaban J connectivity index is 1.96. The number of unbranched alkanes of at least 4 members (excludes halogenated alkanes) is 2. The van der Waals surface area contributed by atoms with Crippen molar-refractivity contribution in [1.82, 2.24) is 14.7 Å². The smallest absolute Gasteiger partial charge is 0.221 e. The fourth-order valence-corrected chi connectivity index (χ4v) is 3.53. The standard InChI is InChI=1S/C21H32N4O2S/c1-4-6-12-22-20(26)11-14-25(13-7-5-2)21-23-19(24-28-21)16-17-9-8-10-18(15-17)27-3/h8-10,15H,4-7,11-14,16H2,1-3H3,(H,22,26). The zero-order valence-electron chi connectivity index (χ0n) is 17.2. The molecule has 1 heterocycles. The number of rotatable bonds is 13. The van der Waals surface area contributed by atoms with Crippen molar-refractivity contribution in [1.29, 1.82) is 0 Å². The van der Waals surface area contributed by atoms with Gasteiger partial charge in [-0.25, -0.2) is 4.98 Å². The Morgan fingerprint density at radius 1 is 1.21 bits per heavy atom. The lowest BCUT2D eigenvalue weighted by atomic mass is 10.1. The number of benzene rings is 1. The molecule has 2 rings (SSSR count). The van der Waals surface area contributed by atoms with Crippen molar-refractivity contribution < 1.29 is 9.53 Å². The summed E-state index contributed by atoms with van der Waals surface area (Å²) in [6.45, 7) is 6.62. The van der Waals surface area contributed by atoms with Gasteiger partial charge in [0.2, 0.25) is 11.0 Å². The second-order valence-corrected chi connectivity index (χ2v) is 7.55. The first-order chi connectivity index (χ1) is 13.7. The van der Waals surface area contributed by atoms with Crippen LogP contribution in [0, 0.1) is 0 Å². The van der Waals surface area contributed by atoms with Gasteiger partial charge in [-0.3, -0.25) is 4.79 Å². The molecular weight excluding hydrogens is 372 g/mol. The summed E-state index contributed by atoms with van der Waals surface area (Å²) in [5, 5.41) is 3.88. The minimum Gasteiger partial charge on any atom is -0.497 e. The fourth-order valence-electron chi connectivity index (χ4n) is 2.79. The second kappa shape index (κ2) is 12.3. The van der Waals surface area contributed by atoms with Gasteiger partial charge in [0.1, 0.15) is 11.6 Å². The Morgan fingerprint density at radius 2 is 2.04 bits per heavy atom. The molecule has 0 spiro atoms. The van der Waals surface area contributed by atoms with Crippen molar-refractivity contribution in [2.75, 3.05) is 31.6 Å². The van der Waals surface area contributed by atoms with Gasteiger partial charge < -0.3 is 15.0 Å². The van der Waals surface area contributed by atoms with E-state index in [0.717, 1.165) is 61.0 Å². The van der Waals surface area contributed by atoms with Crippen LogP contribution < -0.4 is 15.0 Å². The Bertz CT molecular complexity index is 720. The van der Waals surface area contributed by atoms with Crippen LogP contribution in [0.15, 0.2) is 24.3 Å². The lowest BCUT2D eigenvalue weighted by molar-refractivity contribution is -0.120. The summed E-state index contributed by atoms with van der Waals surface area (Å²) in [5.74, 6) is 1.75. The van der Waals surface area contributed by atoms with Crippen LogP contribution in [0.25, 0.3) is 0 Å². The van der Waals surface area contributed by atoms with Gasteiger partial charge in [0.25, 0.3) is 0 Å². The molecule has 154 valence electrons. The maximum absolute atomic E-state index is 12.1. The highest BCUT2D eigenvalue weighted by molar-refractivity contribution is 7.09. The number of amides is 1. The molecule has 0 aliphatic heterocycles. The maximum Gasteiger partial charge on any atom is 0.221 e. The molecule has 0 saturated carbocycles. The van der Waals surface area contributed by atoms with Gasteiger partial charge in [-0.15, -0.1) is 0 Å². The first-order valence-electron chi connectivity index (χ1n) is 10.1. The second-order valence-electron chi connectivity index (χ2n) is 6.82. The molecule has 6 nitrogen and oxygen atoms in total. The van der Waals surface area contributed by atoms with E-state index in [-0.39, 0.29) is 5.91 Å². The average molecular weight is 405 g/mol. The molecule has 0 saturated heterocycles. The van der Waals surface area contributed by atoms with E-state index >= 15 is 0 Å². The van der Waals surface area contributed by atoms with Crippen molar-refractivity contribution in [2.45, 2.75) is 52.4 Å². The predicted octanol–water partition coefficient (Wildman–Crippen LogP) is 4.05. The van der Waals surface area contributed by atoms with Crippen LogP contribution in [-0.4, -0.2) is 42.0 Å². The summed E-state index contributed by atoms with van der Waals surface area (Å²) < 4.78 is 9.82. The third-order valence-corrected chi connectivity index (χ3v) is 5.28. The topological polar surface area (TPSA) is 67.4 Å². The quantitative estimate of drug-likeness (QED) is 0.510. The molecule has 0 aliphatic carbocycles. The molecule has 7 heteroatoms. The van der Waals surface area contributed by atoms with E-state index in [1.807, 2.05) is 18.2 Å². The van der Waals surface area contributed by atoms with Crippen LogP contribution in [0.2, 0.25) is 0 Å². The van der Waals surface area contributed by atoms with Crippen LogP contribution in [0.4, 0.5) is 5.13 Å². The number of nitrogens with zero attached hydrogens (tertiary/aromatic N) is 3. The Hall–Kier alpha value is -2.15. The van der Waals surface area contributed by atoms with Gasteiger partial charge in [-0.05, 0) is 30.5 Å².